The Morgan fingerprint density at radius 1 is 1.20 bits per heavy atom. The molecule has 1 fully saturated rings. The Morgan fingerprint density at radius 3 is 2.60 bits per heavy atom. The molecule has 1 aromatic rings. The Bertz CT molecular complexity index is 625. The quantitative estimate of drug-likeness (QED) is 0.841. The molecule has 5 heteroatoms. The normalized spacial score (nSPS) is 26.9. The summed E-state index contributed by atoms with van der Waals surface area (Å²) in [6.45, 7) is 2.85. The van der Waals surface area contributed by atoms with Crippen molar-refractivity contribution in [2.75, 3.05) is 13.2 Å². The lowest BCUT2D eigenvalue weighted by atomic mass is 9.95. The number of hydrogen-bond donors (Lipinski definition) is 0. The van der Waals surface area contributed by atoms with Gasteiger partial charge in [-0.15, -0.1) is 0 Å². The summed E-state index contributed by atoms with van der Waals surface area (Å²) in [5.74, 6) is 0.495. The SMILES string of the molecule is CC1=C(S(=O)(=O)c2ccccc2)CC2(CCCO2)CO1. The van der Waals surface area contributed by atoms with Crippen LogP contribution in [0.2, 0.25) is 0 Å². The van der Waals surface area contributed by atoms with Gasteiger partial charge in [-0.2, -0.15) is 0 Å². The lowest BCUT2D eigenvalue weighted by Gasteiger charge is -2.34. The summed E-state index contributed by atoms with van der Waals surface area (Å²) in [4.78, 5) is 0.671. The van der Waals surface area contributed by atoms with E-state index in [1.165, 1.54) is 0 Å². The second kappa shape index (κ2) is 4.90. The molecule has 0 amide bonds. The third kappa shape index (κ3) is 2.25. The number of rotatable bonds is 2. The Balaban J connectivity index is 2.00. The molecule has 0 saturated carbocycles. The molecule has 20 heavy (non-hydrogen) atoms. The maximum Gasteiger partial charge on any atom is 0.206 e. The van der Waals surface area contributed by atoms with Crippen LogP contribution in [0.1, 0.15) is 26.2 Å². The molecule has 0 radical (unpaired) electrons. The fraction of sp³-hybridized carbons (Fsp3) is 0.467. The van der Waals surface area contributed by atoms with E-state index >= 15 is 0 Å². The molecule has 2 heterocycles. The molecule has 4 nitrogen and oxygen atoms in total. The fourth-order valence-corrected chi connectivity index (χ4v) is 4.51. The van der Waals surface area contributed by atoms with E-state index in [1.54, 1.807) is 37.3 Å². The van der Waals surface area contributed by atoms with Crippen LogP contribution in [0.5, 0.6) is 0 Å². The smallest absolute Gasteiger partial charge is 0.206 e. The van der Waals surface area contributed by atoms with Crippen LogP contribution in [-0.2, 0) is 19.3 Å². The number of ether oxygens (including phenoxy) is 2. The van der Waals surface area contributed by atoms with Crippen LogP contribution < -0.4 is 0 Å². The summed E-state index contributed by atoms with van der Waals surface area (Å²) >= 11 is 0. The first kappa shape index (κ1) is 13.6. The topological polar surface area (TPSA) is 52.6 Å². The summed E-state index contributed by atoms with van der Waals surface area (Å²) < 4.78 is 36.9. The summed E-state index contributed by atoms with van der Waals surface area (Å²) in [5.41, 5.74) is -0.448. The van der Waals surface area contributed by atoms with Crippen LogP contribution in [0.25, 0.3) is 0 Å². The van der Waals surface area contributed by atoms with Crippen molar-refractivity contribution in [3.63, 3.8) is 0 Å². The number of hydrogen-bond acceptors (Lipinski definition) is 4. The first-order valence-electron chi connectivity index (χ1n) is 6.80. The van der Waals surface area contributed by atoms with Gasteiger partial charge >= 0.3 is 0 Å². The van der Waals surface area contributed by atoms with Gasteiger partial charge in [-0.1, -0.05) is 18.2 Å². The fourth-order valence-electron chi connectivity index (χ4n) is 2.82. The third-order valence-corrected chi connectivity index (χ3v) is 5.96. The zero-order valence-electron chi connectivity index (χ0n) is 11.5. The second-order valence-corrected chi connectivity index (χ2v) is 7.37. The minimum atomic E-state index is -3.50. The van der Waals surface area contributed by atoms with Crippen LogP contribution in [0.15, 0.2) is 45.9 Å². The van der Waals surface area contributed by atoms with E-state index in [2.05, 4.69) is 0 Å². The van der Waals surface area contributed by atoms with Crippen LogP contribution >= 0.6 is 0 Å². The van der Waals surface area contributed by atoms with E-state index in [-0.39, 0.29) is 0 Å². The van der Waals surface area contributed by atoms with Gasteiger partial charge in [-0.05, 0) is 31.9 Å². The molecule has 0 aliphatic carbocycles. The number of benzene rings is 1. The Morgan fingerprint density at radius 2 is 1.95 bits per heavy atom. The van der Waals surface area contributed by atoms with Crippen LogP contribution in [0.4, 0.5) is 0 Å². The Labute approximate surface area is 119 Å². The zero-order chi connectivity index (χ0) is 14.2. The van der Waals surface area contributed by atoms with Crippen molar-refractivity contribution < 1.29 is 17.9 Å². The largest absolute Gasteiger partial charge is 0.494 e. The molecule has 3 rings (SSSR count). The van der Waals surface area contributed by atoms with Gasteiger partial charge in [0.1, 0.15) is 18.0 Å². The highest BCUT2D eigenvalue weighted by Crippen LogP contribution is 2.40. The lowest BCUT2D eigenvalue weighted by Crippen LogP contribution is -2.38. The average Bonchev–Trinajstić information content (AvgIpc) is 2.91. The van der Waals surface area contributed by atoms with Gasteiger partial charge in [0.15, 0.2) is 0 Å². The minimum Gasteiger partial charge on any atom is -0.494 e. The molecule has 0 bridgehead atoms. The minimum absolute atomic E-state index is 0.313. The molecule has 1 spiro atoms. The summed E-state index contributed by atoms with van der Waals surface area (Å²) in [7, 11) is -3.50. The zero-order valence-corrected chi connectivity index (χ0v) is 12.3. The van der Waals surface area contributed by atoms with Crippen molar-refractivity contribution in [3.8, 4) is 0 Å². The highest BCUT2D eigenvalue weighted by Gasteiger charge is 2.43. The first-order chi connectivity index (χ1) is 9.54. The molecule has 0 aromatic heterocycles. The van der Waals surface area contributed by atoms with Gasteiger partial charge < -0.3 is 9.47 Å². The van der Waals surface area contributed by atoms with Crippen molar-refractivity contribution in [2.45, 2.75) is 36.7 Å². The van der Waals surface area contributed by atoms with Crippen molar-refractivity contribution in [2.24, 2.45) is 0 Å². The molecule has 108 valence electrons. The molecule has 2 aliphatic heterocycles. The van der Waals surface area contributed by atoms with Crippen molar-refractivity contribution in [3.05, 3.63) is 41.0 Å². The molecular formula is C15H18O4S. The van der Waals surface area contributed by atoms with Gasteiger partial charge in [-0.3, -0.25) is 0 Å². The second-order valence-electron chi connectivity index (χ2n) is 5.40. The van der Waals surface area contributed by atoms with Gasteiger partial charge in [0, 0.05) is 13.0 Å². The maximum atomic E-state index is 12.7. The van der Waals surface area contributed by atoms with E-state index in [1.807, 2.05) is 0 Å². The highest BCUT2D eigenvalue weighted by atomic mass is 32.2. The van der Waals surface area contributed by atoms with E-state index in [4.69, 9.17) is 9.47 Å². The van der Waals surface area contributed by atoms with Gasteiger partial charge in [-0.25, -0.2) is 8.42 Å². The molecule has 1 saturated heterocycles. The number of allylic oxidation sites excluding steroid dienone is 1. The van der Waals surface area contributed by atoms with E-state index in [0.717, 1.165) is 12.8 Å². The van der Waals surface area contributed by atoms with E-state index < -0.39 is 15.4 Å². The van der Waals surface area contributed by atoms with E-state index in [9.17, 15) is 8.42 Å². The predicted octanol–water partition coefficient (Wildman–Crippen LogP) is 2.66. The monoisotopic (exact) mass is 294 g/mol. The summed E-state index contributed by atoms with van der Waals surface area (Å²) in [6.07, 6.45) is 2.23. The summed E-state index contributed by atoms with van der Waals surface area (Å²) in [6, 6.07) is 8.50. The molecule has 1 aromatic carbocycles. The van der Waals surface area contributed by atoms with Crippen molar-refractivity contribution >= 4 is 9.84 Å². The van der Waals surface area contributed by atoms with Crippen LogP contribution in [0.3, 0.4) is 0 Å². The van der Waals surface area contributed by atoms with Crippen LogP contribution in [-0.4, -0.2) is 27.2 Å². The maximum absolute atomic E-state index is 12.7. The Hall–Kier alpha value is -1.33. The van der Waals surface area contributed by atoms with Crippen molar-refractivity contribution in [1.82, 2.24) is 0 Å². The van der Waals surface area contributed by atoms with Crippen LogP contribution in [0, 0.1) is 0 Å². The third-order valence-electron chi connectivity index (χ3n) is 3.99. The van der Waals surface area contributed by atoms with Gasteiger partial charge in [0.25, 0.3) is 0 Å². The van der Waals surface area contributed by atoms with E-state index in [0.29, 0.717) is 35.2 Å². The highest BCUT2D eigenvalue weighted by molar-refractivity contribution is 7.95. The molecule has 1 unspecified atom stereocenters. The van der Waals surface area contributed by atoms with Gasteiger partial charge in [0.2, 0.25) is 9.84 Å². The predicted molar refractivity (Wildman–Crippen MR) is 74.8 cm³/mol. The molecule has 2 aliphatic rings. The summed E-state index contributed by atoms with van der Waals surface area (Å²) in [5, 5.41) is 0. The van der Waals surface area contributed by atoms with Crippen molar-refractivity contribution in [1.29, 1.82) is 0 Å². The number of sulfone groups is 1. The molecule has 0 N–H and O–H groups in total. The molecule has 1 atom stereocenters. The first-order valence-corrected chi connectivity index (χ1v) is 8.29. The average molecular weight is 294 g/mol. The standard InChI is InChI=1S/C15H18O4S/c1-12-14(10-15(11-18-12)8-5-9-19-15)20(16,17)13-6-3-2-4-7-13/h2-4,6-7H,5,8-11H2,1H3. The van der Waals surface area contributed by atoms with Gasteiger partial charge in [0.05, 0.1) is 9.80 Å². The molecular weight excluding hydrogens is 276 g/mol. The lowest BCUT2D eigenvalue weighted by molar-refractivity contribution is -0.0573. The Kier molecular flexibility index (Phi) is 3.34.